The van der Waals surface area contributed by atoms with Crippen molar-refractivity contribution in [2.45, 2.75) is 24.6 Å². The number of alkyl halides is 1. The molecule has 0 saturated heterocycles. The third kappa shape index (κ3) is 3.52. The predicted octanol–water partition coefficient (Wildman–Crippen LogP) is 2.78. The first-order chi connectivity index (χ1) is 7.54. The quantitative estimate of drug-likeness (QED) is 0.847. The van der Waals surface area contributed by atoms with Crippen LogP contribution in [0.2, 0.25) is 0 Å². The molecule has 0 heterocycles. The van der Waals surface area contributed by atoms with Crippen LogP contribution in [0.4, 0.5) is 0 Å². The maximum Gasteiger partial charge on any atom is 0.317 e. The molecule has 0 aliphatic heterocycles. The molecule has 1 N–H and O–H groups in total. The summed E-state index contributed by atoms with van der Waals surface area (Å²) in [5, 5.41) is 8.73. The van der Waals surface area contributed by atoms with Crippen LogP contribution >= 0.6 is 15.9 Å². The van der Waals surface area contributed by atoms with Crippen molar-refractivity contribution in [3.8, 4) is 5.75 Å². The van der Waals surface area contributed by atoms with Gasteiger partial charge in [-0.15, -0.1) is 0 Å². The molecule has 0 aliphatic rings. The number of ether oxygens (including phenoxy) is 1. The minimum atomic E-state index is -0.815. The number of hydrogen-bond donors (Lipinski definition) is 1. The van der Waals surface area contributed by atoms with Crippen LogP contribution < -0.4 is 4.74 Å². The third-order valence-electron chi connectivity index (χ3n) is 2.41. The molecule has 1 atom stereocenters. The van der Waals surface area contributed by atoms with Crippen molar-refractivity contribution in [3.05, 3.63) is 29.3 Å². The first-order valence-electron chi connectivity index (χ1n) is 5.05. The van der Waals surface area contributed by atoms with E-state index in [0.717, 1.165) is 23.3 Å². The Balaban J connectivity index is 2.62. The molecule has 0 saturated carbocycles. The van der Waals surface area contributed by atoms with Gasteiger partial charge in [0, 0.05) is 0 Å². The fraction of sp³-hybridized carbons (Fsp3) is 0.417. The molecule has 4 heteroatoms. The molecular weight excluding hydrogens is 272 g/mol. The van der Waals surface area contributed by atoms with Gasteiger partial charge in [0.05, 0.1) is 7.11 Å². The number of aryl methyl sites for hydroxylation is 2. The fourth-order valence-corrected chi connectivity index (χ4v) is 1.74. The van der Waals surface area contributed by atoms with Crippen LogP contribution in [0.5, 0.6) is 5.75 Å². The van der Waals surface area contributed by atoms with Crippen LogP contribution in [0.1, 0.15) is 17.5 Å². The molecule has 0 bridgehead atoms. The molecule has 16 heavy (non-hydrogen) atoms. The monoisotopic (exact) mass is 286 g/mol. The standard InChI is InChI=1S/C12H15BrO3/c1-8-7-9(4-6-11(8)16-2)3-5-10(13)12(14)15/h4,6-7,10H,3,5H2,1-2H3,(H,14,15). The van der Waals surface area contributed by atoms with E-state index in [2.05, 4.69) is 15.9 Å². The van der Waals surface area contributed by atoms with Crippen molar-refractivity contribution in [1.29, 1.82) is 0 Å². The Morgan fingerprint density at radius 2 is 2.25 bits per heavy atom. The molecule has 0 fully saturated rings. The Hall–Kier alpha value is -1.03. The van der Waals surface area contributed by atoms with Gasteiger partial charge in [-0.05, 0) is 37.0 Å². The molecule has 0 radical (unpaired) electrons. The number of hydrogen-bond acceptors (Lipinski definition) is 2. The maximum atomic E-state index is 10.6. The van der Waals surface area contributed by atoms with Gasteiger partial charge in [-0.2, -0.15) is 0 Å². The minimum Gasteiger partial charge on any atom is -0.496 e. The van der Waals surface area contributed by atoms with Gasteiger partial charge < -0.3 is 9.84 Å². The average Bonchev–Trinajstić information content (AvgIpc) is 2.25. The maximum absolute atomic E-state index is 10.6. The van der Waals surface area contributed by atoms with Gasteiger partial charge in [0.25, 0.3) is 0 Å². The van der Waals surface area contributed by atoms with E-state index >= 15 is 0 Å². The van der Waals surface area contributed by atoms with E-state index in [1.807, 2.05) is 25.1 Å². The first-order valence-corrected chi connectivity index (χ1v) is 5.96. The molecule has 1 aromatic rings. The van der Waals surface area contributed by atoms with Crippen molar-refractivity contribution in [2.24, 2.45) is 0 Å². The Bertz CT molecular complexity index is 377. The number of aliphatic carboxylic acids is 1. The largest absolute Gasteiger partial charge is 0.496 e. The minimum absolute atomic E-state index is 0.477. The van der Waals surface area contributed by atoms with Crippen molar-refractivity contribution in [1.82, 2.24) is 0 Å². The van der Waals surface area contributed by atoms with Gasteiger partial charge in [-0.3, -0.25) is 4.79 Å². The highest BCUT2D eigenvalue weighted by Gasteiger charge is 2.12. The Morgan fingerprint density at radius 1 is 1.56 bits per heavy atom. The van der Waals surface area contributed by atoms with E-state index in [9.17, 15) is 4.79 Å². The van der Waals surface area contributed by atoms with Gasteiger partial charge in [0.15, 0.2) is 0 Å². The van der Waals surface area contributed by atoms with Crippen LogP contribution in [0.25, 0.3) is 0 Å². The highest BCUT2D eigenvalue weighted by molar-refractivity contribution is 9.10. The number of carboxylic acid groups (broad SMARTS) is 1. The normalized spacial score (nSPS) is 12.2. The van der Waals surface area contributed by atoms with Gasteiger partial charge in [0.2, 0.25) is 0 Å². The zero-order valence-corrected chi connectivity index (χ0v) is 11.0. The summed E-state index contributed by atoms with van der Waals surface area (Å²) in [5.74, 6) is 0.0441. The fourth-order valence-electron chi connectivity index (χ4n) is 1.51. The molecular formula is C12H15BrO3. The lowest BCUT2D eigenvalue weighted by Gasteiger charge is -2.08. The number of carboxylic acids is 1. The molecule has 0 amide bonds. The van der Waals surface area contributed by atoms with Crippen LogP contribution in [0, 0.1) is 6.92 Å². The molecule has 1 unspecified atom stereocenters. The van der Waals surface area contributed by atoms with Crippen LogP contribution in [-0.2, 0) is 11.2 Å². The van der Waals surface area contributed by atoms with E-state index in [4.69, 9.17) is 9.84 Å². The topological polar surface area (TPSA) is 46.5 Å². The SMILES string of the molecule is COc1ccc(CCC(Br)C(=O)O)cc1C. The number of benzene rings is 1. The molecule has 0 aromatic heterocycles. The molecule has 0 aliphatic carbocycles. The second-order valence-electron chi connectivity index (χ2n) is 3.65. The summed E-state index contributed by atoms with van der Waals surface area (Å²) >= 11 is 3.12. The second-order valence-corrected chi connectivity index (χ2v) is 4.75. The molecule has 88 valence electrons. The van der Waals surface area contributed by atoms with E-state index in [1.165, 1.54) is 0 Å². The van der Waals surface area contributed by atoms with Gasteiger partial charge in [0.1, 0.15) is 10.6 Å². The summed E-state index contributed by atoms with van der Waals surface area (Å²) in [6.45, 7) is 1.98. The molecule has 0 spiro atoms. The number of halogens is 1. The van der Waals surface area contributed by atoms with Crippen molar-refractivity contribution >= 4 is 21.9 Å². The summed E-state index contributed by atoms with van der Waals surface area (Å²) in [6.07, 6.45) is 1.33. The summed E-state index contributed by atoms with van der Waals surface area (Å²) in [7, 11) is 1.64. The van der Waals surface area contributed by atoms with Gasteiger partial charge >= 0.3 is 5.97 Å². The van der Waals surface area contributed by atoms with Crippen molar-refractivity contribution in [3.63, 3.8) is 0 Å². The summed E-state index contributed by atoms with van der Waals surface area (Å²) in [4.78, 5) is 10.1. The van der Waals surface area contributed by atoms with Crippen molar-refractivity contribution in [2.75, 3.05) is 7.11 Å². The number of carbonyl (C=O) groups is 1. The van der Waals surface area contributed by atoms with Gasteiger partial charge in [-0.1, -0.05) is 28.1 Å². The second kappa shape index (κ2) is 5.89. The zero-order chi connectivity index (χ0) is 12.1. The predicted molar refractivity (Wildman–Crippen MR) is 66.4 cm³/mol. The smallest absolute Gasteiger partial charge is 0.317 e. The Kier molecular flexibility index (Phi) is 4.80. The van der Waals surface area contributed by atoms with E-state index < -0.39 is 10.8 Å². The van der Waals surface area contributed by atoms with E-state index in [1.54, 1.807) is 7.11 Å². The molecule has 3 nitrogen and oxygen atoms in total. The van der Waals surface area contributed by atoms with E-state index in [0.29, 0.717) is 6.42 Å². The van der Waals surface area contributed by atoms with Crippen molar-refractivity contribution < 1.29 is 14.6 Å². The highest BCUT2D eigenvalue weighted by atomic mass is 79.9. The van der Waals surface area contributed by atoms with Crippen LogP contribution in [-0.4, -0.2) is 23.0 Å². The number of methoxy groups -OCH3 is 1. The summed E-state index contributed by atoms with van der Waals surface area (Å²) in [5.41, 5.74) is 2.20. The Morgan fingerprint density at radius 3 is 2.75 bits per heavy atom. The van der Waals surface area contributed by atoms with Gasteiger partial charge in [-0.25, -0.2) is 0 Å². The lowest BCUT2D eigenvalue weighted by atomic mass is 10.1. The lowest BCUT2D eigenvalue weighted by Crippen LogP contribution is -2.13. The lowest BCUT2D eigenvalue weighted by molar-refractivity contribution is -0.136. The van der Waals surface area contributed by atoms with Crippen LogP contribution in [0.15, 0.2) is 18.2 Å². The summed E-state index contributed by atoms with van der Waals surface area (Å²) < 4.78 is 5.16. The highest BCUT2D eigenvalue weighted by Crippen LogP contribution is 2.20. The summed E-state index contributed by atoms with van der Waals surface area (Å²) in [6, 6.07) is 5.91. The molecule has 1 rings (SSSR count). The van der Waals surface area contributed by atoms with E-state index in [-0.39, 0.29) is 0 Å². The molecule has 1 aromatic carbocycles. The zero-order valence-electron chi connectivity index (χ0n) is 9.37. The Labute approximate surface area is 104 Å². The third-order valence-corrected chi connectivity index (χ3v) is 3.26. The average molecular weight is 287 g/mol. The first kappa shape index (κ1) is 13.0. The number of rotatable bonds is 5. The van der Waals surface area contributed by atoms with Crippen LogP contribution in [0.3, 0.4) is 0 Å².